The van der Waals surface area contributed by atoms with E-state index in [0.29, 0.717) is 18.6 Å². The van der Waals surface area contributed by atoms with E-state index in [9.17, 15) is 66.9 Å². The molecule has 0 radical (unpaired) electrons. The van der Waals surface area contributed by atoms with Crippen LogP contribution in [0.25, 0.3) is 0 Å². The molecule has 1 aliphatic rings. The van der Waals surface area contributed by atoms with Crippen molar-refractivity contribution in [2.75, 3.05) is 36.9 Å². The van der Waals surface area contributed by atoms with Gasteiger partial charge in [-0.2, -0.15) is 13.6 Å². The molecule has 2 heterocycles. The lowest BCUT2D eigenvalue weighted by Crippen LogP contribution is -2.52. The number of carboxylic acid groups (broad SMARTS) is 3. The molecule has 0 aromatic carbocycles. The number of hydrogen-bond acceptors (Lipinski definition) is 21. The van der Waals surface area contributed by atoms with Gasteiger partial charge in [0, 0.05) is 43.5 Å². The van der Waals surface area contributed by atoms with Gasteiger partial charge in [-0.05, 0) is 12.8 Å². The predicted octanol–water partition coefficient (Wildman–Crippen LogP) is -2.94. The van der Waals surface area contributed by atoms with Crippen LogP contribution in [-0.2, 0) is 65.1 Å². The number of anilines is 1. The fraction of sp³-hybridized carbons (Fsp3) is 0.594. The quantitative estimate of drug-likeness (QED) is 0.0159. The molecule has 2 rings (SSSR count). The van der Waals surface area contributed by atoms with Crippen molar-refractivity contribution in [2.45, 2.75) is 87.9 Å². The van der Waals surface area contributed by atoms with Crippen molar-refractivity contribution in [2.24, 2.45) is 5.73 Å². The highest BCUT2D eigenvalue weighted by molar-refractivity contribution is 8.76. The van der Waals surface area contributed by atoms with Gasteiger partial charge in [-0.25, -0.2) is 23.3 Å². The molecule has 8 atom stereocenters. The summed E-state index contributed by atoms with van der Waals surface area (Å²) in [4.78, 5) is 135. The number of carbonyl (C=O) groups excluding carboxylic acids is 4. The SMILES string of the molecule is Nc1nc(=O)n([C@H]2CC(O)[C@@H](COP(=O)(O)OP(=O)(O)OP(=O)(O)O)O2)cc1C#CCNC(=O)CCSSCC(N)C(=O)NCCCCCC(=O)NC(CC(=O)O)C(=O)NC(CC(=O)O)C(=O)O. The molecule has 6 unspecified atom stereocenters. The number of phosphoric ester groups is 1. The van der Waals surface area contributed by atoms with E-state index in [1.54, 1.807) is 0 Å². The Morgan fingerprint density at radius 3 is 2.18 bits per heavy atom. The van der Waals surface area contributed by atoms with Crippen molar-refractivity contribution in [3.63, 3.8) is 0 Å². The topological polar surface area (TPSA) is 505 Å². The highest BCUT2D eigenvalue weighted by atomic mass is 33.1. The van der Waals surface area contributed by atoms with Crippen LogP contribution in [-0.4, -0.2) is 153 Å². The van der Waals surface area contributed by atoms with Crippen LogP contribution >= 0.6 is 45.1 Å². The average Bonchev–Trinajstić information content (AvgIpc) is 3.57. The molecule has 31 nitrogen and oxygen atoms in total. The lowest BCUT2D eigenvalue weighted by molar-refractivity contribution is -0.148. The largest absolute Gasteiger partial charge is 0.490 e. The number of hydrogen-bond donors (Lipinski definition) is 14. The van der Waals surface area contributed by atoms with Gasteiger partial charge in [-0.1, -0.05) is 39.8 Å². The lowest BCUT2D eigenvalue weighted by Gasteiger charge is -2.19. The maximum Gasteiger partial charge on any atom is 0.490 e. The summed E-state index contributed by atoms with van der Waals surface area (Å²) in [7, 11) is -14.4. The van der Waals surface area contributed by atoms with Crippen LogP contribution in [0.15, 0.2) is 11.0 Å². The Hall–Kier alpha value is -4.48. The number of ether oxygens (including phenoxy) is 1. The number of aliphatic carboxylic acids is 3. The van der Waals surface area contributed by atoms with E-state index in [0.717, 1.165) is 10.8 Å². The van der Waals surface area contributed by atoms with Crippen LogP contribution in [0.5, 0.6) is 0 Å². The number of aliphatic hydroxyl groups excluding tert-OH is 1. The van der Waals surface area contributed by atoms with Crippen molar-refractivity contribution < 1.29 is 105 Å². The first-order chi connectivity index (χ1) is 31.6. The van der Waals surface area contributed by atoms with E-state index >= 15 is 0 Å². The van der Waals surface area contributed by atoms with E-state index in [-0.39, 0.29) is 61.8 Å². The molecule has 1 aromatic rings. The molecule has 0 spiro atoms. The third kappa shape index (κ3) is 23.7. The molecule has 4 amide bonds. The molecule has 0 aliphatic carbocycles. The minimum Gasteiger partial charge on any atom is -0.481 e. The molecule has 16 N–H and O–H groups in total. The highest BCUT2D eigenvalue weighted by Gasteiger charge is 2.43. The number of amides is 4. The van der Waals surface area contributed by atoms with Gasteiger partial charge in [0.25, 0.3) is 0 Å². The number of aromatic nitrogens is 2. The summed E-state index contributed by atoms with van der Waals surface area (Å²) in [5.41, 5.74) is 10.8. The zero-order valence-corrected chi connectivity index (χ0v) is 39.5. The summed E-state index contributed by atoms with van der Waals surface area (Å²) >= 11 is 0. The average molecular weight is 1070 g/mol. The maximum atomic E-state index is 12.6. The first-order valence-corrected chi connectivity index (χ1v) is 26.4. The summed E-state index contributed by atoms with van der Waals surface area (Å²) < 4.78 is 52.4. The molecule has 1 aliphatic heterocycles. The fourth-order valence-corrected chi connectivity index (χ4v) is 10.4. The molecule has 1 saturated heterocycles. The molecule has 36 heteroatoms. The number of aliphatic hydroxyl groups is 1. The molecule has 0 bridgehead atoms. The van der Waals surface area contributed by atoms with E-state index in [4.69, 9.17) is 41.3 Å². The molecule has 1 fully saturated rings. The van der Waals surface area contributed by atoms with Crippen LogP contribution in [0.2, 0.25) is 0 Å². The normalized spacial score (nSPS) is 18.8. The molecular formula is C32H49N8O23P3S2. The second-order valence-corrected chi connectivity index (χ2v) is 21.0. The Kier molecular flexibility index (Phi) is 24.8. The van der Waals surface area contributed by atoms with Crippen molar-refractivity contribution >= 4 is 92.4 Å². The second-order valence-electron chi connectivity index (χ2n) is 13.9. The van der Waals surface area contributed by atoms with Crippen LogP contribution in [0, 0.1) is 11.8 Å². The number of unbranched alkanes of at least 4 members (excludes halogenated alkanes) is 2. The van der Waals surface area contributed by atoms with E-state index in [1.807, 2.05) is 5.32 Å². The third-order valence-corrected chi connectivity index (χ3v) is 14.6. The highest BCUT2D eigenvalue weighted by Crippen LogP contribution is 2.66. The van der Waals surface area contributed by atoms with Gasteiger partial charge in [0.15, 0.2) is 0 Å². The summed E-state index contributed by atoms with van der Waals surface area (Å²) in [5, 5.41) is 46.7. The molecular weight excluding hydrogens is 1020 g/mol. The van der Waals surface area contributed by atoms with Gasteiger partial charge in [-0.3, -0.25) is 37.9 Å². The van der Waals surface area contributed by atoms with Gasteiger partial charge >= 0.3 is 47.1 Å². The number of rotatable bonds is 30. The van der Waals surface area contributed by atoms with Crippen molar-refractivity contribution in [3.05, 3.63) is 22.2 Å². The first kappa shape index (κ1) is 59.6. The number of carboxylic acids is 3. The minimum atomic E-state index is -5.79. The van der Waals surface area contributed by atoms with Gasteiger partial charge < -0.3 is 77.5 Å². The summed E-state index contributed by atoms with van der Waals surface area (Å²) in [6, 6.07) is -4.40. The number of nitrogen functional groups attached to an aromatic ring is 1. The third-order valence-electron chi connectivity index (χ3n) is 8.39. The molecule has 68 heavy (non-hydrogen) atoms. The number of carbonyl (C=O) groups is 7. The molecule has 1 aromatic heterocycles. The maximum absolute atomic E-state index is 12.6. The van der Waals surface area contributed by atoms with Gasteiger partial charge in [0.1, 0.15) is 30.2 Å². The van der Waals surface area contributed by atoms with Crippen molar-refractivity contribution in [1.82, 2.24) is 30.8 Å². The van der Waals surface area contributed by atoms with E-state index in [2.05, 4.69) is 45.9 Å². The predicted molar refractivity (Wildman–Crippen MR) is 232 cm³/mol. The standard InChI is InChI=1S/C32H49N8O23P3S2/c33-18(29(48)36-8-3-1-2-6-24(43)37-19(11-26(44)45)30(49)38-20(31(50)51)12-27(46)47)16-68-67-10-7-23(42)35-9-4-5-17-14-40(32(52)39-28(17)34)25-13-21(41)22(61-25)15-60-65(56,57)63-66(58,59)62-64(53,54)55/h14,18-22,25,41H,1-3,6-13,15-16,33H2,(H,35,42)(H,36,48)(H,37,43)(H,38,49)(H,44,45)(H,46,47)(H,50,51)(H,56,57)(H,58,59)(H2,34,39,52)(H2,53,54,55)/t18?,19?,20?,21?,22-,25-/m1/s1. The van der Waals surface area contributed by atoms with Crippen LogP contribution in [0.4, 0.5) is 5.82 Å². The second kappa shape index (κ2) is 28.3. The van der Waals surface area contributed by atoms with Crippen molar-refractivity contribution in [3.8, 4) is 11.8 Å². The summed E-state index contributed by atoms with van der Waals surface area (Å²) in [5.74, 6) is -1.90. The Morgan fingerprint density at radius 2 is 1.54 bits per heavy atom. The van der Waals surface area contributed by atoms with Crippen LogP contribution in [0.1, 0.15) is 63.2 Å². The Balaban J connectivity index is 1.69. The van der Waals surface area contributed by atoms with Gasteiger partial charge in [-0.15, -0.1) is 0 Å². The van der Waals surface area contributed by atoms with Crippen LogP contribution in [0.3, 0.4) is 0 Å². The lowest BCUT2D eigenvalue weighted by atomic mass is 10.1. The van der Waals surface area contributed by atoms with Gasteiger partial charge in [0.05, 0.1) is 43.7 Å². The summed E-state index contributed by atoms with van der Waals surface area (Å²) in [6.45, 7) is -0.929. The first-order valence-electron chi connectivity index (χ1n) is 19.4. The number of phosphoric acid groups is 3. The van der Waals surface area contributed by atoms with Crippen LogP contribution < -0.4 is 38.4 Å². The minimum absolute atomic E-state index is 0.00811. The zero-order valence-electron chi connectivity index (χ0n) is 35.1. The Morgan fingerprint density at radius 1 is 0.882 bits per heavy atom. The summed E-state index contributed by atoms with van der Waals surface area (Å²) in [6.07, 6.45) is -4.12. The number of nitrogens with two attached hydrogens (primary N) is 2. The monoisotopic (exact) mass is 1070 g/mol. The van der Waals surface area contributed by atoms with Crippen molar-refractivity contribution in [1.29, 1.82) is 0 Å². The van der Waals surface area contributed by atoms with E-state index in [1.165, 1.54) is 21.6 Å². The Labute approximate surface area is 392 Å². The molecule has 382 valence electrons. The smallest absolute Gasteiger partial charge is 0.481 e. The van der Waals surface area contributed by atoms with E-state index < -0.39 is 121 Å². The van der Waals surface area contributed by atoms with Gasteiger partial charge in [0.2, 0.25) is 23.6 Å². The fourth-order valence-electron chi connectivity index (χ4n) is 5.28. The zero-order chi connectivity index (χ0) is 51.4. The Bertz CT molecular complexity index is 2260. The number of nitrogens with one attached hydrogen (secondary N) is 4. The molecule has 0 saturated carbocycles. The number of nitrogens with zero attached hydrogens (tertiary/aromatic N) is 2.